The molecule has 1 aromatic heterocycles. The lowest BCUT2D eigenvalue weighted by atomic mass is 10.1. The second-order valence-corrected chi connectivity index (χ2v) is 4.92. The summed E-state index contributed by atoms with van der Waals surface area (Å²) in [7, 11) is 1.96. The molecule has 0 fully saturated rings. The first-order valence-corrected chi connectivity index (χ1v) is 6.52. The third-order valence-electron chi connectivity index (χ3n) is 3.13. The van der Waals surface area contributed by atoms with Gasteiger partial charge in [-0.3, -0.25) is 0 Å². The van der Waals surface area contributed by atoms with E-state index in [1.165, 1.54) is 0 Å². The zero-order valence-electron chi connectivity index (χ0n) is 12.1. The average molecular weight is 251 g/mol. The lowest BCUT2D eigenvalue weighted by molar-refractivity contribution is 0.447. The Morgan fingerprint density at radius 2 is 1.89 bits per heavy atom. The summed E-state index contributed by atoms with van der Waals surface area (Å²) in [5.41, 5.74) is 0.0420. The molecule has 0 aromatic carbocycles. The van der Waals surface area contributed by atoms with Crippen LogP contribution < -0.4 is 15.5 Å². The van der Waals surface area contributed by atoms with Crippen LogP contribution in [0.1, 0.15) is 27.7 Å². The van der Waals surface area contributed by atoms with Crippen molar-refractivity contribution >= 4 is 11.6 Å². The van der Waals surface area contributed by atoms with Crippen LogP contribution in [-0.4, -0.2) is 42.2 Å². The van der Waals surface area contributed by atoms with E-state index >= 15 is 0 Å². The number of likely N-dealkylation sites (N-methyl/N-ethyl adjacent to an activating group) is 1. The zero-order chi connectivity index (χ0) is 13.6. The van der Waals surface area contributed by atoms with E-state index in [0.29, 0.717) is 0 Å². The van der Waals surface area contributed by atoms with Gasteiger partial charge in [0, 0.05) is 31.2 Å². The Morgan fingerprint density at radius 1 is 1.22 bits per heavy atom. The summed E-state index contributed by atoms with van der Waals surface area (Å²) in [5, 5.41) is 6.59. The highest BCUT2D eigenvalue weighted by Gasteiger charge is 2.14. The van der Waals surface area contributed by atoms with Crippen LogP contribution >= 0.6 is 0 Å². The molecule has 0 aliphatic rings. The van der Waals surface area contributed by atoms with Crippen molar-refractivity contribution in [2.75, 3.05) is 36.9 Å². The summed E-state index contributed by atoms with van der Waals surface area (Å²) in [5.74, 6) is 1.84. The Kier molecular flexibility index (Phi) is 5.34. The van der Waals surface area contributed by atoms with Gasteiger partial charge in [0.25, 0.3) is 0 Å². The Balaban J connectivity index is 2.70. The van der Waals surface area contributed by atoms with Gasteiger partial charge in [-0.05, 0) is 34.7 Å². The monoisotopic (exact) mass is 251 g/mol. The fourth-order valence-electron chi connectivity index (χ4n) is 1.56. The molecule has 5 heteroatoms. The summed E-state index contributed by atoms with van der Waals surface area (Å²) >= 11 is 0. The van der Waals surface area contributed by atoms with Gasteiger partial charge >= 0.3 is 0 Å². The number of nitrogens with zero attached hydrogens (tertiary/aromatic N) is 3. The Labute approximate surface area is 110 Å². The molecule has 0 unspecified atom stereocenters. The van der Waals surface area contributed by atoms with Crippen LogP contribution in [0.15, 0.2) is 12.4 Å². The summed E-state index contributed by atoms with van der Waals surface area (Å²) in [6.45, 7) is 11.3. The van der Waals surface area contributed by atoms with Gasteiger partial charge in [-0.25, -0.2) is 9.97 Å². The molecule has 0 aliphatic carbocycles. The van der Waals surface area contributed by atoms with E-state index < -0.39 is 0 Å². The number of hydrogen-bond acceptors (Lipinski definition) is 5. The Morgan fingerprint density at radius 3 is 2.44 bits per heavy atom. The third-order valence-corrected chi connectivity index (χ3v) is 3.13. The summed E-state index contributed by atoms with van der Waals surface area (Å²) in [6, 6.07) is 2.00. The minimum Gasteiger partial charge on any atom is -0.368 e. The maximum atomic E-state index is 4.31. The predicted octanol–water partition coefficient (Wildman–Crippen LogP) is 1.73. The highest BCUT2D eigenvalue weighted by Crippen LogP contribution is 2.14. The van der Waals surface area contributed by atoms with Crippen molar-refractivity contribution in [1.82, 2.24) is 15.3 Å². The molecule has 0 aliphatic heterocycles. The number of hydrogen-bond donors (Lipinski definition) is 2. The molecule has 2 N–H and O–H groups in total. The molecule has 5 nitrogen and oxygen atoms in total. The molecule has 1 aromatic rings. The first-order chi connectivity index (χ1) is 8.52. The molecule has 18 heavy (non-hydrogen) atoms. The van der Waals surface area contributed by atoms with Gasteiger partial charge in [0.15, 0.2) is 0 Å². The van der Waals surface area contributed by atoms with Crippen molar-refractivity contribution in [3.05, 3.63) is 12.4 Å². The molecular formula is C13H25N5. The topological polar surface area (TPSA) is 53.1 Å². The quantitative estimate of drug-likeness (QED) is 0.773. The zero-order valence-corrected chi connectivity index (χ0v) is 12.1. The average Bonchev–Trinajstić information content (AvgIpc) is 2.39. The first-order valence-electron chi connectivity index (χ1n) is 6.52. The molecule has 1 heterocycles. The van der Waals surface area contributed by atoms with E-state index in [2.05, 4.69) is 53.2 Å². The van der Waals surface area contributed by atoms with Crippen LogP contribution in [0.5, 0.6) is 0 Å². The van der Waals surface area contributed by atoms with Gasteiger partial charge in [0.1, 0.15) is 18.0 Å². The summed E-state index contributed by atoms with van der Waals surface area (Å²) < 4.78 is 0. The molecule has 0 radical (unpaired) electrons. The van der Waals surface area contributed by atoms with Gasteiger partial charge in [-0.2, -0.15) is 0 Å². The van der Waals surface area contributed by atoms with E-state index in [1.54, 1.807) is 6.33 Å². The maximum absolute atomic E-state index is 4.31. The number of nitrogens with one attached hydrogen (secondary N) is 2. The van der Waals surface area contributed by atoms with Crippen LogP contribution in [0.4, 0.5) is 11.6 Å². The van der Waals surface area contributed by atoms with Crippen LogP contribution in [0.25, 0.3) is 0 Å². The van der Waals surface area contributed by atoms with Crippen LogP contribution in [-0.2, 0) is 0 Å². The van der Waals surface area contributed by atoms with E-state index in [9.17, 15) is 0 Å². The van der Waals surface area contributed by atoms with E-state index in [0.717, 1.165) is 31.3 Å². The van der Waals surface area contributed by atoms with Crippen LogP contribution in [0.3, 0.4) is 0 Å². The first kappa shape index (κ1) is 14.7. The van der Waals surface area contributed by atoms with Gasteiger partial charge in [0.2, 0.25) is 0 Å². The van der Waals surface area contributed by atoms with Crippen molar-refractivity contribution < 1.29 is 0 Å². The molecule has 0 atom stereocenters. The van der Waals surface area contributed by atoms with Crippen molar-refractivity contribution in [3.63, 3.8) is 0 Å². The molecule has 0 amide bonds. The molecule has 0 saturated carbocycles. The van der Waals surface area contributed by atoms with Crippen molar-refractivity contribution in [2.45, 2.75) is 33.2 Å². The fraction of sp³-hybridized carbons (Fsp3) is 0.692. The van der Waals surface area contributed by atoms with Crippen molar-refractivity contribution in [3.8, 4) is 0 Å². The van der Waals surface area contributed by atoms with Gasteiger partial charge < -0.3 is 15.5 Å². The van der Waals surface area contributed by atoms with Crippen molar-refractivity contribution in [2.24, 2.45) is 0 Å². The molecule has 102 valence electrons. The fourth-order valence-corrected chi connectivity index (χ4v) is 1.56. The largest absolute Gasteiger partial charge is 0.368 e. The molecule has 0 bridgehead atoms. The number of rotatable bonds is 7. The van der Waals surface area contributed by atoms with Gasteiger partial charge in [-0.15, -0.1) is 0 Å². The lowest BCUT2D eigenvalue weighted by Gasteiger charge is -2.25. The second kappa shape index (κ2) is 6.54. The Hall–Kier alpha value is -1.36. The van der Waals surface area contributed by atoms with E-state index in [4.69, 9.17) is 0 Å². The molecule has 0 saturated heterocycles. The maximum Gasteiger partial charge on any atom is 0.134 e. The number of aromatic nitrogens is 2. The Bertz CT molecular complexity index is 360. The van der Waals surface area contributed by atoms with E-state index in [-0.39, 0.29) is 5.54 Å². The number of anilines is 2. The van der Waals surface area contributed by atoms with Crippen LogP contribution in [0.2, 0.25) is 0 Å². The SMILES string of the molecule is CCN(CC)c1cc(NCC(C)(C)NC)ncn1. The normalized spacial score (nSPS) is 11.4. The second-order valence-electron chi connectivity index (χ2n) is 4.92. The molecule has 1 rings (SSSR count). The lowest BCUT2D eigenvalue weighted by Crippen LogP contribution is -2.42. The minimum absolute atomic E-state index is 0.0420. The van der Waals surface area contributed by atoms with Gasteiger partial charge in [0.05, 0.1) is 0 Å². The smallest absolute Gasteiger partial charge is 0.134 e. The van der Waals surface area contributed by atoms with Crippen LogP contribution in [0, 0.1) is 0 Å². The van der Waals surface area contributed by atoms with Gasteiger partial charge in [-0.1, -0.05) is 0 Å². The van der Waals surface area contributed by atoms with E-state index in [1.807, 2.05) is 13.1 Å². The molecule has 0 spiro atoms. The highest BCUT2D eigenvalue weighted by atomic mass is 15.2. The predicted molar refractivity (Wildman–Crippen MR) is 77.2 cm³/mol. The minimum atomic E-state index is 0.0420. The van der Waals surface area contributed by atoms with Crippen molar-refractivity contribution in [1.29, 1.82) is 0 Å². The highest BCUT2D eigenvalue weighted by molar-refractivity contribution is 5.48. The summed E-state index contributed by atoms with van der Waals surface area (Å²) in [4.78, 5) is 10.8. The molecular weight excluding hydrogens is 226 g/mol. The summed E-state index contributed by atoms with van der Waals surface area (Å²) in [6.07, 6.45) is 1.61. The standard InChI is InChI=1S/C13H25N5/c1-6-18(7-2)12-8-11(16-10-17-12)15-9-13(3,4)14-5/h8,10,14H,6-7,9H2,1-5H3,(H,15,16,17). The third kappa shape index (κ3) is 4.14.